The van der Waals surface area contributed by atoms with Crippen molar-refractivity contribution in [2.24, 2.45) is 23.7 Å². The van der Waals surface area contributed by atoms with Crippen LogP contribution in [0.1, 0.15) is 102 Å². The van der Waals surface area contributed by atoms with E-state index in [9.17, 15) is 14.4 Å². The zero-order chi connectivity index (χ0) is 38.8. The van der Waals surface area contributed by atoms with E-state index in [4.69, 9.17) is 14.2 Å². The lowest BCUT2D eigenvalue weighted by Gasteiger charge is -2.59. The van der Waals surface area contributed by atoms with E-state index in [1.54, 1.807) is 59.7 Å². The first-order valence-corrected chi connectivity index (χ1v) is 18.7. The van der Waals surface area contributed by atoms with Crippen LogP contribution in [-0.4, -0.2) is 49.2 Å². The van der Waals surface area contributed by atoms with E-state index in [-0.39, 0.29) is 29.8 Å². The van der Waals surface area contributed by atoms with Crippen molar-refractivity contribution in [2.45, 2.75) is 110 Å². The predicted molar refractivity (Wildman–Crippen MR) is 198 cm³/mol. The van der Waals surface area contributed by atoms with Crippen molar-refractivity contribution in [1.29, 1.82) is 0 Å². The molecule has 4 aliphatic carbocycles. The molecule has 0 spiro atoms. The number of hydrogen-bond donors (Lipinski definition) is 1. The highest BCUT2D eigenvalue weighted by atomic mass is 19.3. The van der Waals surface area contributed by atoms with Gasteiger partial charge in [-0.05, 0) is 115 Å². The van der Waals surface area contributed by atoms with Gasteiger partial charge in [-0.25, -0.2) is 19.6 Å². The summed E-state index contributed by atoms with van der Waals surface area (Å²) in [6, 6.07) is 14.7. The first-order chi connectivity index (χ1) is 25.3. The number of carbonyl (C=O) groups is 3. The molecule has 4 aromatic rings. The molecular formula is C42H48F2N4O6. The monoisotopic (exact) mass is 742 g/mol. The van der Waals surface area contributed by atoms with Gasteiger partial charge in [-0.1, -0.05) is 30.3 Å². The highest BCUT2D eigenvalue weighted by Crippen LogP contribution is 2.59. The molecule has 2 aromatic heterocycles. The molecule has 4 fully saturated rings. The Morgan fingerprint density at radius 2 is 1.50 bits per heavy atom. The number of fused-ring (bicyclic) bond motifs is 1. The van der Waals surface area contributed by atoms with Gasteiger partial charge in [-0.15, -0.1) is 0 Å². The average Bonchev–Trinajstić information content (AvgIpc) is 3.46. The summed E-state index contributed by atoms with van der Waals surface area (Å²) in [5.41, 5.74) is -2.61. The van der Waals surface area contributed by atoms with E-state index in [0.717, 1.165) is 43.9 Å². The van der Waals surface area contributed by atoms with Crippen molar-refractivity contribution in [1.82, 2.24) is 19.9 Å². The Morgan fingerprint density at radius 3 is 2.09 bits per heavy atom. The Kier molecular flexibility index (Phi) is 9.33. The van der Waals surface area contributed by atoms with Crippen LogP contribution in [0.15, 0.2) is 60.9 Å². The van der Waals surface area contributed by atoms with Crippen LogP contribution in [0.5, 0.6) is 5.75 Å². The molecule has 10 nitrogen and oxygen atoms in total. The van der Waals surface area contributed by atoms with Crippen LogP contribution in [0.4, 0.5) is 13.6 Å². The standard InChI is InChI=1S/C42H48F2N4O6/c1-39(2,3)53-37(50)42(27-16-25-15-26(18-27)19-28(42)17-25)47-36(49)31-21-45-35(46-34(31)41(7,43)44)32-22-48(38(51)54-40(4,5)6)33-20-29(13-14-30(32)33)52-23-24-11-9-8-10-12-24/h8-14,20-22,25-28H,15-19,23H2,1-7H3,(H,47,49). The van der Waals surface area contributed by atoms with Gasteiger partial charge in [0.2, 0.25) is 0 Å². The molecule has 2 aromatic carbocycles. The quantitative estimate of drug-likeness (QED) is 0.178. The first-order valence-electron chi connectivity index (χ1n) is 18.7. The molecule has 0 unspecified atom stereocenters. The Morgan fingerprint density at radius 1 is 0.870 bits per heavy atom. The highest BCUT2D eigenvalue weighted by Gasteiger charge is 2.63. The average molecular weight is 743 g/mol. The summed E-state index contributed by atoms with van der Waals surface area (Å²) in [5, 5.41) is 3.46. The number of rotatable bonds is 8. The molecule has 4 saturated carbocycles. The van der Waals surface area contributed by atoms with Gasteiger partial charge in [0.1, 0.15) is 34.8 Å². The lowest BCUT2D eigenvalue weighted by molar-refractivity contribution is -0.180. The van der Waals surface area contributed by atoms with E-state index in [1.165, 1.54) is 10.8 Å². The topological polar surface area (TPSA) is 122 Å². The number of benzene rings is 2. The van der Waals surface area contributed by atoms with Gasteiger partial charge in [-0.2, -0.15) is 8.78 Å². The fraction of sp³-hybridized carbons (Fsp3) is 0.500. The summed E-state index contributed by atoms with van der Waals surface area (Å²) in [7, 11) is 0. The molecule has 286 valence electrons. The molecule has 54 heavy (non-hydrogen) atoms. The van der Waals surface area contributed by atoms with E-state index in [1.807, 2.05) is 30.3 Å². The summed E-state index contributed by atoms with van der Waals surface area (Å²) < 4.78 is 50.1. The molecule has 1 amide bonds. The summed E-state index contributed by atoms with van der Waals surface area (Å²) in [6.45, 7) is 11.5. The van der Waals surface area contributed by atoms with Crippen LogP contribution in [0, 0.1) is 23.7 Å². The SMILES string of the molecule is CC(C)(C)OC(=O)n1cc(-c2ncc(C(=O)NC3(C(=O)OC(C)(C)C)C4CC5CC(C4)CC3C5)c(C(C)(F)F)n2)c2ccc(OCc3ccccc3)cc21. The third-order valence-corrected chi connectivity index (χ3v) is 10.8. The van der Waals surface area contributed by atoms with E-state index in [0.29, 0.717) is 35.4 Å². The molecule has 0 saturated heterocycles. The molecule has 12 heteroatoms. The first kappa shape index (κ1) is 37.4. The van der Waals surface area contributed by atoms with Crippen LogP contribution in [-0.2, 0) is 26.8 Å². The fourth-order valence-corrected chi connectivity index (χ4v) is 8.82. The maximum atomic E-state index is 15.6. The highest BCUT2D eigenvalue weighted by molar-refractivity contribution is 6.02. The number of amides is 1. The van der Waals surface area contributed by atoms with Gasteiger partial charge in [-0.3, -0.25) is 9.36 Å². The van der Waals surface area contributed by atoms with E-state index >= 15 is 8.78 Å². The summed E-state index contributed by atoms with van der Waals surface area (Å²) in [6.07, 6.45) is 5.99. The van der Waals surface area contributed by atoms with Crippen LogP contribution in [0.2, 0.25) is 0 Å². The Labute approximate surface area is 314 Å². The number of aromatic nitrogens is 3. The molecule has 4 bridgehead atoms. The molecule has 4 aliphatic rings. The minimum Gasteiger partial charge on any atom is -0.489 e. The van der Waals surface area contributed by atoms with Gasteiger partial charge in [0.25, 0.3) is 11.8 Å². The van der Waals surface area contributed by atoms with Crippen molar-refractivity contribution in [3.63, 3.8) is 0 Å². The van der Waals surface area contributed by atoms with Crippen molar-refractivity contribution >= 4 is 28.9 Å². The van der Waals surface area contributed by atoms with Crippen LogP contribution in [0.3, 0.4) is 0 Å². The van der Waals surface area contributed by atoms with Crippen molar-refractivity contribution in [3.8, 4) is 17.1 Å². The Bertz CT molecular complexity index is 2070. The van der Waals surface area contributed by atoms with Gasteiger partial charge in [0.05, 0.1) is 11.1 Å². The Balaban J connectivity index is 1.27. The number of carbonyl (C=O) groups excluding carboxylic acids is 3. The number of nitrogens with zero attached hydrogens (tertiary/aromatic N) is 3. The molecule has 0 atom stereocenters. The number of halogens is 2. The van der Waals surface area contributed by atoms with Crippen LogP contribution < -0.4 is 10.1 Å². The lowest BCUT2D eigenvalue weighted by atomic mass is 9.48. The Hall–Kier alpha value is -4.87. The van der Waals surface area contributed by atoms with Gasteiger partial charge in [0, 0.05) is 36.3 Å². The minimum absolute atomic E-state index is 0.121. The third kappa shape index (κ3) is 7.31. The molecule has 0 radical (unpaired) electrons. The number of nitrogens with one attached hydrogen (secondary N) is 1. The molecule has 0 aliphatic heterocycles. The smallest absolute Gasteiger partial charge is 0.419 e. The van der Waals surface area contributed by atoms with E-state index < -0.39 is 51.9 Å². The summed E-state index contributed by atoms with van der Waals surface area (Å²) >= 11 is 0. The van der Waals surface area contributed by atoms with Crippen LogP contribution >= 0.6 is 0 Å². The van der Waals surface area contributed by atoms with Crippen LogP contribution in [0.25, 0.3) is 22.3 Å². The third-order valence-electron chi connectivity index (χ3n) is 10.8. The normalized spacial score (nSPS) is 23.6. The molecular weight excluding hydrogens is 694 g/mol. The van der Waals surface area contributed by atoms with Crippen molar-refractivity contribution in [2.75, 3.05) is 0 Å². The van der Waals surface area contributed by atoms with Gasteiger partial charge >= 0.3 is 12.1 Å². The number of esters is 1. The van der Waals surface area contributed by atoms with Gasteiger partial charge < -0.3 is 19.5 Å². The zero-order valence-electron chi connectivity index (χ0n) is 31.9. The van der Waals surface area contributed by atoms with Crippen molar-refractivity contribution < 1.29 is 37.4 Å². The second-order valence-electron chi connectivity index (χ2n) is 17.3. The fourth-order valence-electron chi connectivity index (χ4n) is 8.82. The number of ether oxygens (including phenoxy) is 3. The molecule has 2 heterocycles. The zero-order valence-corrected chi connectivity index (χ0v) is 31.9. The van der Waals surface area contributed by atoms with E-state index in [2.05, 4.69) is 15.3 Å². The lowest BCUT2D eigenvalue weighted by Crippen LogP contribution is -2.71. The summed E-state index contributed by atoms with van der Waals surface area (Å²) in [5.74, 6) is -4.01. The minimum atomic E-state index is -3.57. The maximum Gasteiger partial charge on any atom is 0.419 e. The molecule has 1 N–H and O–H groups in total. The largest absolute Gasteiger partial charge is 0.489 e. The van der Waals surface area contributed by atoms with Crippen molar-refractivity contribution in [3.05, 3.63) is 77.7 Å². The predicted octanol–water partition coefficient (Wildman–Crippen LogP) is 8.84. The number of alkyl halides is 2. The summed E-state index contributed by atoms with van der Waals surface area (Å²) in [4.78, 5) is 50.6. The second-order valence-corrected chi connectivity index (χ2v) is 17.3. The number of hydrogen-bond acceptors (Lipinski definition) is 8. The maximum absolute atomic E-state index is 15.6. The van der Waals surface area contributed by atoms with Gasteiger partial charge in [0.15, 0.2) is 5.82 Å². The second kappa shape index (κ2) is 13.5. The molecule has 8 rings (SSSR count).